The molecule has 0 bridgehead atoms. The Morgan fingerprint density at radius 1 is 1.50 bits per heavy atom. The Morgan fingerprint density at radius 3 is 2.60 bits per heavy atom. The van der Waals surface area contributed by atoms with Crippen LogP contribution in [0.2, 0.25) is 0 Å². The molecule has 0 heterocycles. The van der Waals surface area contributed by atoms with Crippen molar-refractivity contribution >= 4 is 5.78 Å². The van der Waals surface area contributed by atoms with Crippen LogP contribution in [-0.2, 0) is 4.79 Å². The molecule has 1 heteroatoms. The van der Waals surface area contributed by atoms with E-state index in [0.717, 1.165) is 6.42 Å². The van der Waals surface area contributed by atoms with Crippen molar-refractivity contribution in [1.29, 1.82) is 0 Å². The van der Waals surface area contributed by atoms with Gasteiger partial charge in [0.1, 0.15) is 0 Å². The molecule has 0 amide bonds. The Hall–Kier alpha value is -0.590. The third-order valence-corrected chi connectivity index (χ3v) is 2.33. The number of ketones is 1. The monoisotopic (exact) mass is 138 g/mol. The van der Waals surface area contributed by atoms with Crippen LogP contribution in [0.1, 0.15) is 27.2 Å². The van der Waals surface area contributed by atoms with Gasteiger partial charge in [0.05, 0.1) is 0 Å². The molecular weight excluding hydrogens is 124 g/mol. The van der Waals surface area contributed by atoms with Crippen molar-refractivity contribution in [3.05, 3.63) is 11.6 Å². The number of carbonyl (C=O) groups is 1. The predicted octanol–water partition coefficient (Wildman–Crippen LogP) is 2.18. The molecule has 0 saturated carbocycles. The second-order valence-electron chi connectivity index (χ2n) is 3.36. The molecule has 0 N–H and O–H groups in total. The van der Waals surface area contributed by atoms with Crippen molar-refractivity contribution < 1.29 is 4.79 Å². The van der Waals surface area contributed by atoms with Gasteiger partial charge in [0.15, 0.2) is 5.78 Å². The van der Waals surface area contributed by atoms with E-state index < -0.39 is 0 Å². The van der Waals surface area contributed by atoms with Gasteiger partial charge in [-0.3, -0.25) is 4.79 Å². The highest BCUT2D eigenvalue weighted by molar-refractivity contribution is 5.93. The zero-order valence-corrected chi connectivity index (χ0v) is 6.85. The van der Waals surface area contributed by atoms with Gasteiger partial charge in [-0.15, -0.1) is 0 Å². The van der Waals surface area contributed by atoms with Crippen molar-refractivity contribution in [1.82, 2.24) is 0 Å². The van der Waals surface area contributed by atoms with Crippen molar-refractivity contribution in [2.24, 2.45) is 11.8 Å². The minimum absolute atomic E-state index is 0.240. The van der Waals surface area contributed by atoms with Gasteiger partial charge in [-0.2, -0.15) is 0 Å². The van der Waals surface area contributed by atoms with E-state index in [4.69, 9.17) is 0 Å². The zero-order chi connectivity index (χ0) is 7.72. The van der Waals surface area contributed by atoms with Gasteiger partial charge >= 0.3 is 0 Å². The molecular formula is C9H14O. The second-order valence-corrected chi connectivity index (χ2v) is 3.36. The van der Waals surface area contributed by atoms with Crippen molar-refractivity contribution in [3.8, 4) is 0 Å². The fourth-order valence-corrected chi connectivity index (χ4v) is 1.40. The van der Waals surface area contributed by atoms with Crippen LogP contribution in [0.25, 0.3) is 0 Å². The molecule has 10 heavy (non-hydrogen) atoms. The second kappa shape index (κ2) is 2.57. The van der Waals surface area contributed by atoms with E-state index in [1.807, 2.05) is 13.8 Å². The quantitative estimate of drug-likeness (QED) is 0.501. The van der Waals surface area contributed by atoms with Gasteiger partial charge in [0.2, 0.25) is 0 Å². The van der Waals surface area contributed by atoms with Crippen LogP contribution in [0.3, 0.4) is 0 Å². The van der Waals surface area contributed by atoms with Crippen LogP contribution in [0.5, 0.6) is 0 Å². The fraction of sp³-hybridized carbons (Fsp3) is 0.667. The normalized spacial score (nSPS) is 33.9. The summed E-state index contributed by atoms with van der Waals surface area (Å²) in [5, 5.41) is 0. The van der Waals surface area contributed by atoms with Crippen molar-refractivity contribution in [2.45, 2.75) is 27.2 Å². The van der Waals surface area contributed by atoms with Crippen LogP contribution in [-0.4, -0.2) is 5.78 Å². The molecule has 1 aliphatic carbocycles. The lowest BCUT2D eigenvalue weighted by atomic mass is 9.82. The maximum Gasteiger partial charge on any atom is 0.158 e. The average Bonchev–Trinajstić information content (AvgIpc) is 1.82. The highest BCUT2D eigenvalue weighted by Crippen LogP contribution is 2.25. The number of allylic oxidation sites excluding steroid dienone is 2. The largest absolute Gasteiger partial charge is 0.295 e. The Balaban J connectivity index is 2.79. The standard InChI is InChI=1S/C9H14O/c1-6-4-7(2)8(3)9(10)5-6/h5,7-8H,4H2,1-3H3. The number of hydrogen-bond donors (Lipinski definition) is 0. The summed E-state index contributed by atoms with van der Waals surface area (Å²) in [5.74, 6) is 1.08. The molecule has 0 aliphatic heterocycles. The molecule has 2 atom stereocenters. The lowest BCUT2D eigenvalue weighted by molar-refractivity contribution is -0.119. The Kier molecular flexibility index (Phi) is 1.93. The number of carbonyl (C=O) groups excluding carboxylic acids is 1. The Labute approximate surface area is 62.1 Å². The minimum atomic E-state index is 0.240. The summed E-state index contributed by atoms with van der Waals surface area (Å²) in [5.41, 5.74) is 1.23. The molecule has 1 aliphatic rings. The summed E-state index contributed by atoms with van der Waals surface area (Å²) in [6, 6.07) is 0. The third-order valence-electron chi connectivity index (χ3n) is 2.33. The van der Waals surface area contributed by atoms with Gasteiger partial charge in [0, 0.05) is 5.92 Å². The first-order chi connectivity index (χ1) is 4.61. The lowest BCUT2D eigenvalue weighted by Crippen LogP contribution is -2.21. The summed E-state index contributed by atoms with van der Waals surface area (Å²) in [6.45, 7) is 6.18. The van der Waals surface area contributed by atoms with E-state index in [9.17, 15) is 4.79 Å². The number of hydrogen-bond acceptors (Lipinski definition) is 1. The van der Waals surface area contributed by atoms with Gasteiger partial charge < -0.3 is 0 Å². The first kappa shape index (κ1) is 7.52. The summed E-state index contributed by atoms with van der Waals surface area (Å²) in [6.07, 6.45) is 2.87. The maximum absolute atomic E-state index is 11.1. The molecule has 56 valence electrons. The third kappa shape index (κ3) is 1.28. The van der Waals surface area contributed by atoms with E-state index in [2.05, 4.69) is 6.92 Å². The summed E-state index contributed by atoms with van der Waals surface area (Å²) < 4.78 is 0. The smallest absolute Gasteiger partial charge is 0.158 e. The molecule has 1 nitrogen and oxygen atoms in total. The zero-order valence-electron chi connectivity index (χ0n) is 6.85. The van der Waals surface area contributed by atoms with E-state index >= 15 is 0 Å². The first-order valence-corrected chi connectivity index (χ1v) is 3.82. The summed E-state index contributed by atoms with van der Waals surface area (Å²) in [4.78, 5) is 11.1. The fourth-order valence-electron chi connectivity index (χ4n) is 1.40. The molecule has 0 fully saturated rings. The van der Waals surface area contributed by atoms with E-state index in [0.29, 0.717) is 11.7 Å². The SMILES string of the molecule is CC1=CC(=O)C(C)C(C)C1. The molecule has 0 aromatic rings. The summed E-state index contributed by atoms with van der Waals surface area (Å²) in [7, 11) is 0. The van der Waals surface area contributed by atoms with Gasteiger partial charge in [-0.05, 0) is 25.3 Å². The van der Waals surface area contributed by atoms with Crippen molar-refractivity contribution in [2.75, 3.05) is 0 Å². The summed E-state index contributed by atoms with van der Waals surface area (Å²) >= 11 is 0. The van der Waals surface area contributed by atoms with Crippen LogP contribution < -0.4 is 0 Å². The predicted molar refractivity (Wildman–Crippen MR) is 41.7 cm³/mol. The maximum atomic E-state index is 11.1. The van der Waals surface area contributed by atoms with E-state index in [1.54, 1.807) is 6.08 Å². The van der Waals surface area contributed by atoms with E-state index in [-0.39, 0.29) is 5.92 Å². The minimum Gasteiger partial charge on any atom is -0.295 e. The van der Waals surface area contributed by atoms with Gasteiger partial charge in [-0.25, -0.2) is 0 Å². The van der Waals surface area contributed by atoms with Gasteiger partial charge in [-0.1, -0.05) is 19.4 Å². The average molecular weight is 138 g/mol. The highest BCUT2D eigenvalue weighted by atomic mass is 16.1. The van der Waals surface area contributed by atoms with Crippen LogP contribution >= 0.6 is 0 Å². The Morgan fingerprint density at radius 2 is 2.10 bits per heavy atom. The van der Waals surface area contributed by atoms with Crippen LogP contribution in [0.4, 0.5) is 0 Å². The topological polar surface area (TPSA) is 17.1 Å². The highest BCUT2D eigenvalue weighted by Gasteiger charge is 2.22. The first-order valence-electron chi connectivity index (χ1n) is 3.82. The molecule has 1 rings (SSSR count). The van der Waals surface area contributed by atoms with Gasteiger partial charge in [0.25, 0.3) is 0 Å². The van der Waals surface area contributed by atoms with Crippen LogP contribution in [0.15, 0.2) is 11.6 Å². The Bertz CT molecular complexity index is 179. The van der Waals surface area contributed by atoms with E-state index in [1.165, 1.54) is 5.57 Å². The molecule has 0 aromatic carbocycles. The molecule has 2 unspecified atom stereocenters. The van der Waals surface area contributed by atoms with Crippen molar-refractivity contribution in [3.63, 3.8) is 0 Å². The van der Waals surface area contributed by atoms with Crippen LogP contribution in [0, 0.1) is 11.8 Å². The molecule has 0 spiro atoms. The lowest BCUT2D eigenvalue weighted by Gasteiger charge is -2.22. The number of rotatable bonds is 0. The molecule has 0 aromatic heterocycles. The molecule has 0 radical (unpaired) electrons. The molecule has 0 saturated heterocycles.